The van der Waals surface area contributed by atoms with Gasteiger partial charge in [-0.1, -0.05) is 18.2 Å². The van der Waals surface area contributed by atoms with Gasteiger partial charge in [-0.15, -0.1) is 0 Å². The van der Waals surface area contributed by atoms with Crippen molar-refractivity contribution in [3.05, 3.63) is 64.6 Å². The fourth-order valence-electron chi connectivity index (χ4n) is 2.62. The molecular formula is C18H15NO5. The van der Waals surface area contributed by atoms with E-state index in [0.29, 0.717) is 22.6 Å². The summed E-state index contributed by atoms with van der Waals surface area (Å²) >= 11 is 0. The highest BCUT2D eigenvalue weighted by Gasteiger charge is 2.18. The summed E-state index contributed by atoms with van der Waals surface area (Å²) in [5.41, 5.74) is 0.262. The first-order chi connectivity index (χ1) is 11.6. The first-order valence-electron chi connectivity index (χ1n) is 7.17. The van der Waals surface area contributed by atoms with E-state index in [1.807, 2.05) is 6.07 Å². The second-order valence-corrected chi connectivity index (χ2v) is 5.11. The van der Waals surface area contributed by atoms with Crippen LogP contribution in [0.25, 0.3) is 16.5 Å². The van der Waals surface area contributed by atoms with Gasteiger partial charge in [-0.05, 0) is 24.3 Å². The Morgan fingerprint density at radius 3 is 2.12 bits per heavy atom. The third-order valence-corrected chi connectivity index (χ3v) is 3.79. The van der Waals surface area contributed by atoms with E-state index in [4.69, 9.17) is 9.47 Å². The van der Waals surface area contributed by atoms with E-state index in [1.54, 1.807) is 24.3 Å². The Morgan fingerprint density at radius 2 is 1.58 bits per heavy atom. The zero-order valence-corrected chi connectivity index (χ0v) is 13.1. The van der Waals surface area contributed by atoms with Crippen LogP contribution in [0.4, 0.5) is 0 Å². The van der Waals surface area contributed by atoms with Crippen LogP contribution in [0.5, 0.6) is 11.5 Å². The normalized spacial score (nSPS) is 10.6. The molecule has 6 heteroatoms. The third-order valence-electron chi connectivity index (χ3n) is 3.79. The summed E-state index contributed by atoms with van der Waals surface area (Å²) in [6, 6.07) is 11.9. The highest BCUT2D eigenvalue weighted by atomic mass is 16.5. The molecule has 1 aromatic heterocycles. The lowest BCUT2D eigenvalue weighted by Crippen LogP contribution is -2.20. The minimum absolute atomic E-state index is 0.00871. The van der Waals surface area contributed by atoms with Crippen LogP contribution in [0.2, 0.25) is 0 Å². The maximum atomic E-state index is 12.8. The smallest absolute Gasteiger partial charge is 0.337 e. The molecule has 0 radical (unpaired) electrons. The summed E-state index contributed by atoms with van der Waals surface area (Å²) in [5.74, 6) is -0.398. The fraction of sp³-hybridized carbons (Fsp3) is 0.111. The van der Waals surface area contributed by atoms with Gasteiger partial charge in [0.2, 0.25) is 0 Å². The number of pyridine rings is 1. The monoisotopic (exact) mass is 325 g/mol. The number of rotatable bonds is 4. The number of hydrogen-bond donors (Lipinski definition) is 1. The Kier molecular flexibility index (Phi) is 3.95. The zero-order valence-electron chi connectivity index (χ0n) is 13.1. The van der Waals surface area contributed by atoms with Crippen molar-refractivity contribution in [3.8, 4) is 17.2 Å². The number of nitrogens with zero attached hydrogens (tertiary/aromatic N) is 1. The molecule has 0 fully saturated rings. The van der Waals surface area contributed by atoms with Crippen molar-refractivity contribution < 1.29 is 19.4 Å². The summed E-state index contributed by atoms with van der Waals surface area (Å²) in [7, 11) is 2.91. The van der Waals surface area contributed by atoms with Gasteiger partial charge in [0, 0.05) is 17.3 Å². The molecule has 0 unspecified atom stereocenters. The molecule has 0 atom stereocenters. The van der Waals surface area contributed by atoms with Crippen molar-refractivity contribution in [3.63, 3.8) is 0 Å². The lowest BCUT2D eigenvalue weighted by Gasteiger charge is -2.13. The molecule has 0 bridgehead atoms. The van der Waals surface area contributed by atoms with E-state index in [9.17, 15) is 14.7 Å². The van der Waals surface area contributed by atoms with Crippen LogP contribution in [0.3, 0.4) is 0 Å². The lowest BCUT2D eigenvalue weighted by molar-refractivity contribution is 0.0698. The zero-order chi connectivity index (χ0) is 17.3. The van der Waals surface area contributed by atoms with E-state index in [0.717, 1.165) is 0 Å². The molecule has 0 aliphatic rings. The SMILES string of the molecule is COc1cc2c(C(=O)O)cn(-c3ccccc3)c(=O)c2cc1OC. The average Bonchev–Trinajstić information content (AvgIpc) is 2.61. The number of carboxylic acids is 1. The molecule has 122 valence electrons. The van der Waals surface area contributed by atoms with Crippen LogP contribution in [0.1, 0.15) is 10.4 Å². The number of benzene rings is 2. The minimum atomic E-state index is -1.13. The average molecular weight is 325 g/mol. The fourth-order valence-corrected chi connectivity index (χ4v) is 2.62. The standard InChI is InChI=1S/C18H15NO5/c1-23-15-8-12-13(9-16(15)24-2)17(20)19(10-14(12)18(21)22)11-6-4-3-5-7-11/h3-10H,1-2H3,(H,21,22). The van der Waals surface area contributed by atoms with Crippen LogP contribution in [0.15, 0.2) is 53.5 Å². The number of aromatic carboxylic acids is 1. The van der Waals surface area contributed by atoms with Crippen LogP contribution in [-0.2, 0) is 0 Å². The molecule has 0 saturated carbocycles. The number of aromatic nitrogens is 1. The molecule has 0 aliphatic heterocycles. The van der Waals surface area contributed by atoms with Gasteiger partial charge in [0.25, 0.3) is 5.56 Å². The maximum Gasteiger partial charge on any atom is 0.337 e. The Bertz CT molecular complexity index is 976. The molecule has 6 nitrogen and oxygen atoms in total. The predicted octanol–water partition coefficient (Wildman–Crippen LogP) is 2.71. The number of methoxy groups -OCH3 is 2. The van der Waals surface area contributed by atoms with Crippen molar-refractivity contribution in [1.82, 2.24) is 4.57 Å². The molecule has 0 aliphatic carbocycles. The van der Waals surface area contributed by atoms with Gasteiger partial charge < -0.3 is 14.6 Å². The van der Waals surface area contributed by atoms with Gasteiger partial charge >= 0.3 is 5.97 Å². The van der Waals surface area contributed by atoms with Gasteiger partial charge in [0.1, 0.15) is 0 Å². The molecule has 0 saturated heterocycles. The van der Waals surface area contributed by atoms with E-state index in [1.165, 1.54) is 37.1 Å². The molecule has 0 amide bonds. The molecule has 24 heavy (non-hydrogen) atoms. The summed E-state index contributed by atoms with van der Waals surface area (Å²) in [4.78, 5) is 24.5. The van der Waals surface area contributed by atoms with Gasteiger partial charge in [-0.2, -0.15) is 0 Å². The quantitative estimate of drug-likeness (QED) is 0.798. The highest BCUT2D eigenvalue weighted by molar-refractivity contribution is 6.04. The van der Waals surface area contributed by atoms with Gasteiger partial charge in [0.15, 0.2) is 11.5 Å². The molecule has 3 aromatic rings. The molecule has 2 aromatic carbocycles. The number of fused-ring (bicyclic) bond motifs is 1. The van der Waals surface area contributed by atoms with Crippen LogP contribution in [0, 0.1) is 0 Å². The van der Waals surface area contributed by atoms with Crippen LogP contribution >= 0.6 is 0 Å². The van der Waals surface area contributed by atoms with Gasteiger partial charge in [-0.3, -0.25) is 9.36 Å². The van der Waals surface area contributed by atoms with E-state index < -0.39 is 5.97 Å². The molecule has 0 spiro atoms. The van der Waals surface area contributed by atoms with Crippen molar-refractivity contribution in [1.29, 1.82) is 0 Å². The Hall–Kier alpha value is -3.28. The van der Waals surface area contributed by atoms with Crippen LogP contribution < -0.4 is 15.0 Å². The Labute approximate surface area is 137 Å². The third kappa shape index (κ3) is 2.48. The number of carboxylic acid groups (broad SMARTS) is 1. The number of hydrogen-bond acceptors (Lipinski definition) is 4. The van der Waals surface area contributed by atoms with Crippen molar-refractivity contribution >= 4 is 16.7 Å². The predicted molar refractivity (Wildman–Crippen MR) is 89.6 cm³/mol. The summed E-state index contributed by atoms with van der Waals surface area (Å²) in [6.07, 6.45) is 1.33. The second-order valence-electron chi connectivity index (χ2n) is 5.11. The number of ether oxygens (including phenoxy) is 2. The van der Waals surface area contributed by atoms with E-state index >= 15 is 0 Å². The minimum Gasteiger partial charge on any atom is -0.493 e. The summed E-state index contributed by atoms with van der Waals surface area (Å²) < 4.78 is 11.7. The first kappa shape index (κ1) is 15.6. The topological polar surface area (TPSA) is 77.8 Å². The van der Waals surface area contributed by atoms with E-state index in [-0.39, 0.29) is 16.5 Å². The maximum absolute atomic E-state index is 12.8. The summed E-state index contributed by atoms with van der Waals surface area (Å²) in [5, 5.41) is 10.1. The lowest BCUT2D eigenvalue weighted by atomic mass is 10.1. The van der Waals surface area contributed by atoms with Gasteiger partial charge in [0.05, 0.1) is 25.2 Å². The molecule has 3 rings (SSSR count). The van der Waals surface area contributed by atoms with Crippen LogP contribution in [-0.4, -0.2) is 29.9 Å². The summed E-state index contributed by atoms with van der Waals surface area (Å²) in [6.45, 7) is 0. The Balaban J connectivity index is 2.44. The molecular weight excluding hydrogens is 310 g/mol. The highest BCUT2D eigenvalue weighted by Crippen LogP contribution is 2.32. The Morgan fingerprint density at radius 1 is 1.00 bits per heavy atom. The largest absolute Gasteiger partial charge is 0.493 e. The van der Waals surface area contributed by atoms with Crippen molar-refractivity contribution in [2.75, 3.05) is 14.2 Å². The molecule has 1 heterocycles. The molecule has 1 N–H and O–H groups in total. The first-order valence-corrected chi connectivity index (χ1v) is 7.17. The van der Waals surface area contributed by atoms with E-state index in [2.05, 4.69) is 0 Å². The number of para-hydroxylation sites is 1. The van der Waals surface area contributed by atoms with Crippen molar-refractivity contribution in [2.24, 2.45) is 0 Å². The second kappa shape index (κ2) is 6.08. The number of carbonyl (C=O) groups is 1. The van der Waals surface area contributed by atoms with Crippen molar-refractivity contribution in [2.45, 2.75) is 0 Å². The van der Waals surface area contributed by atoms with Gasteiger partial charge in [-0.25, -0.2) is 4.79 Å².